The van der Waals surface area contributed by atoms with Gasteiger partial charge in [0, 0.05) is 18.3 Å². The molecule has 1 aromatic rings. The fourth-order valence-corrected chi connectivity index (χ4v) is 3.74. The number of rotatable bonds is 3. The van der Waals surface area contributed by atoms with Gasteiger partial charge in [0.25, 0.3) is 0 Å². The highest BCUT2D eigenvalue weighted by Gasteiger charge is 2.47. The van der Waals surface area contributed by atoms with E-state index in [0.717, 1.165) is 31.5 Å². The Morgan fingerprint density at radius 3 is 2.73 bits per heavy atom. The van der Waals surface area contributed by atoms with Crippen LogP contribution in [-0.2, 0) is 0 Å². The molecule has 120 valence electrons. The number of aliphatic hydroxyl groups is 2. The van der Waals surface area contributed by atoms with E-state index in [1.807, 2.05) is 30.3 Å². The number of nitrogens with one attached hydrogen (secondary N) is 2. The SMILES string of the molecule is O[C@@H]1C(CNC(=S)Nc2ccccc2)N2CCCCC2[C@@H]1O. The molecule has 0 spiro atoms. The van der Waals surface area contributed by atoms with Crippen LogP contribution in [0.5, 0.6) is 0 Å². The molecule has 3 rings (SSSR count). The molecule has 4 atom stereocenters. The highest BCUT2D eigenvalue weighted by molar-refractivity contribution is 7.80. The summed E-state index contributed by atoms with van der Waals surface area (Å²) in [5.41, 5.74) is 0.933. The Morgan fingerprint density at radius 2 is 1.95 bits per heavy atom. The van der Waals surface area contributed by atoms with Crippen LogP contribution < -0.4 is 10.6 Å². The molecule has 22 heavy (non-hydrogen) atoms. The maximum absolute atomic E-state index is 10.3. The minimum atomic E-state index is -0.713. The Hall–Kier alpha value is -1.21. The lowest BCUT2D eigenvalue weighted by atomic mass is 10.0. The van der Waals surface area contributed by atoms with Gasteiger partial charge < -0.3 is 20.8 Å². The molecule has 6 heteroatoms. The van der Waals surface area contributed by atoms with Gasteiger partial charge in [-0.15, -0.1) is 0 Å². The van der Waals surface area contributed by atoms with E-state index < -0.39 is 12.2 Å². The fraction of sp³-hybridized carbons (Fsp3) is 0.562. The van der Waals surface area contributed by atoms with E-state index in [2.05, 4.69) is 15.5 Å². The van der Waals surface area contributed by atoms with Gasteiger partial charge in [0.1, 0.15) is 0 Å². The van der Waals surface area contributed by atoms with E-state index in [1.165, 1.54) is 0 Å². The van der Waals surface area contributed by atoms with E-state index in [0.29, 0.717) is 11.7 Å². The number of hydrogen-bond donors (Lipinski definition) is 4. The Kier molecular flexibility index (Phi) is 4.93. The first-order valence-electron chi connectivity index (χ1n) is 7.88. The van der Waals surface area contributed by atoms with Crippen LogP contribution in [0.4, 0.5) is 5.69 Å². The van der Waals surface area contributed by atoms with Gasteiger partial charge in [-0.05, 0) is 43.7 Å². The van der Waals surface area contributed by atoms with Crippen molar-refractivity contribution in [3.8, 4) is 0 Å². The van der Waals surface area contributed by atoms with Crippen molar-refractivity contribution in [2.45, 2.75) is 43.6 Å². The summed E-state index contributed by atoms with van der Waals surface area (Å²) in [4.78, 5) is 2.23. The number of nitrogens with zero attached hydrogens (tertiary/aromatic N) is 1. The first kappa shape index (κ1) is 15.7. The van der Waals surface area contributed by atoms with Crippen molar-refractivity contribution >= 4 is 23.0 Å². The number of para-hydroxylation sites is 1. The van der Waals surface area contributed by atoms with Crippen molar-refractivity contribution in [3.05, 3.63) is 30.3 Å². The molecule has 0 aromatic heterocycles. The van der Waals surface area contributed by atoms with E-state index in [9.17, 15) is 10.2 Å². The third-order valence-corrected chi connectivity index (χ3v) is 4.91. The zero-order valence-electron chi connectivity index (χ0n) is 12.5. The number of aliphatic hydroxyl groups excluding tert-OH is 2. The van der Waals surface area contributed by atoms with Gasteiger partial charge in [0.05, 0.1) is 18.2 Å². The third kappa shape index (κ3) is 3.25. The lowest BCUT2D eigenvalue weighted by Gasteiger charge is -2.34. The molecular formula is C16H23N3O2S. The number of hydrogen-bond acceptors (Lipinski definition) is 4. The summed E-state index contributed by atoms with van der Waals surface area (Å²) in [5.74, 6) is 0. The third-order valence-electron chi connectivity index (χ3n) is 4.66. The van der Waals surface area contributed by atoms with Crippen LogP contribution in [-0.4, -0.2) is 57.6 Å². The molecule has 0 saturated carbocycles. The molecule has 2 aliphatic rings. The van der Waals surface area contributed by atoms with Crippen molar-refractivity contribution in [2.75, 3.05) is 18.4 Å². The summed E-state index contributed by atoms with van der Waals surface area (Å²) in [7, 11) is 0. The molecule has 2 saturated heterocycles. The predicted octanol–water partition coefficient (Wildman–Crippen LogP) is 0.931. The van der Waals surface area contributed by atoms with Crippen LogP contribution in [0.15, 0.2) is 30.3 Å². The lowest BCUT2D eigenvalue weighted by Crippen LogP contribution is -2.48. The predicted molar refractivity (Wildman–Crippen MR) is 90.8 cm³/mol. The van der Waals surface area contributed by atoms with Gasteiger partial charge in [0.15, 0.2) is 5.11 Å². The topological polar surface area (TPSA) is 67.8 Å². The lowest BCUT2D eigenvalue weighted by molar-refractivity contribution is 0.0265. The zero-order valence-corrected chi connectivity index (χ0v) is 13.3. The average molecular weight is 321 g/mol. The van der Waals surface area contributed by atoms with Gasteiger partial charge in [0.2, 0.25) is 0 Å². The highest BCUT2D eigenvalue weighted by atomic mass is 32.1. The van der Waals surface area contributed by atoms with E-state index >= 15 is 0 Å². The monoisotopic (exact) mass is 321 g/mol. The summed E-state index contributed by atoms with van der Waals surface area (Å²) in [5, 5.41) is 27.3. The van der Waals surface area contributed by atoms with Crippen molar-refractivity contribution in [3.63, 3.8) is 0 Å². The number of thiocarbonyl (C=S) groups is 1. The maximum Gasteiger partial charge on any atom is 0.170 e. The zero-order chi connectivity index (χ0) is 15.5. The Balaban J connectivity index is 1.55. The minimum absolute atomic E-state index is 0.0872. The standard InChI is InChI=1S/C16H23N3O2S/c20-14-12-8-4-5-9-19(12)13(15(14)21)10-17-16(22)18-11-6-2-1-3-7-11/h1-3,6-7,12-15,20-21H,4-5,8-10H2,(H2,17,18,22)/t12?,13?,14-,15+/m0/s1. The molecule has 1 aromatic carbocycles. The summed E-state index contributed by atoms with van der Waals surface area (Å²) < 4.78 is 0. The van der Waals surface area contributed by atoms with Crippen molar-refractivity contribution in [1.29, 1.82) is 0 Å². The van der Waals surface area contributed by atoms with Gasteiger partial charge in [-0.3, -0.25) is 4.90 Å². The van der Waals surface area contributed by atoms with Crippen LogP contribution in [0.2, 0.25) is 0 Å². The van der Waals surface area contributed by atoms with Crippen LogP contribution in [0.1, 0.15) is 19.3 Å². The number of fused-ring (bicyclic) bond motifs is 1. The molecule has 0 bridgehead atoms. The van der Waals surface area contributed by atoms with Crippen molar-refractivity contribution < 1.29 is 10.2 Å². The van der Waals surface area contributed by atoms with Crippen LogP contribution in [0.25, 0.3) is 0 Å². The second kappa shape index (κ2) is 6.91. The Labute approximate surface area is 136 Å². The van der Waals surface area contributed by atoms with E-state index in [4.69, 9.17) is 12.2 Å². The smallest absolute Gasteiger partial charge is 0.170 e. The van der Waals surface area contributed by atoms with Crippen LogP contribution in [0.3, 0.4) is 0 Å². The molecule has 0 amide bonds. The number of piperidine rings is 1. The van der Waals surface area contributed by atoms with Gasteiger partial charge in [-0.2, -0.15) is 0 Å². The largest absolute Gasteiger partial charge is 0.389 e. The molecule has 2 fully saturated rings. The molecule has 5 nitrogen and oxygen atoms in total. The van der Waals surface area contributed by atoms with Gasteiger partial charge in [-0.25, -0.2) is 0 Å². The second-order valence-corrected chi connectivity index (χ2v) is 6.46. The normalized spacial score (nSPS) is 31.5. The summed E-state index contributed by atoms with van der Waals surface area (Å²) in [6.45, 7) is 1.47. The van der Waals surface area contributed by atoms with Crippen LogP contribution >= 0.6 is 12.2 Å². The van der Waals surface area contributed by atoms with Gasteiger partial charge >= 0.3 is 0 Å². The molecule has 2 heterocycles. The number of anilines is 1. The van der Waals surface area contributed by atoms with Crippen LogP contribution in [0, 0.1) is 0 Å². The quantitative estimate of drug-likeness (QED) is 0.621. The first-order chi connectivity index (χ1) is 10.7. The molecular weight excluding hydrogens is 298 g/mol. The van der Waals surface area contributed by atoms with Crippen molar-refractivity contribution in [1.82, 2.24) is 10.2 Å². The van der Waals surface area contributed by atoms with Gasteiger partial charge in [-0.1, -0.05) is 24.6 Å². The second-order valence-electron chi connectivity index (χ2n) is 6.05. The highest BCUT2D eigenvalue weighted by Crippen LogP contribution is 2.31. The summed E-state index contributed by atoms with van der Waals surface area (Å²) in [6.07, 6.45) is 1.84. The maximum atomic E-state index is 10.3. The van der Waals surface area contributed by atoms with E-state index in [-0.39, 0.29) is 12.1 Å². The first-order valence-corrected chi connectivity index (χ1v) is 8.29. The van der Waals surface area contributed by atoms with Crippen molar-refractivity contribution in [2.24, 2.45) is 0 Å². The average Bonchev–Trinajstić information content (AvgIpc) is 2.78. The molecule has 0 aliphatic carbocycles. The number of benzene rings is 1. The molecule has 2 unspecified atom stereocenters. The summed E-state index contributed by atoms with van der Waals surface area (Å²) >= 11 is 5.30. The summed E-state index contributed by atoms with van der Waals surface area (Å²) in [6, 6.07) is 9.74. The molecule has 4 N–H and O–H groups in total. The molecule has 0 radical (unpaired) electrons. The molecule has 2 aliphatic heterocycles. The minimum Gasteiger partial charge on any atom is -0.389 e. The van der Waals surface area contributed by atoms with E-state index in [1.54, 1.807) is 0 Å². The Bertz CT molecular complexity index is 513. The Morgan fingerprint density at radius 1 is 1.18 bits per heavy atom. The fourth-order valence-electron chi connectivity index (χ4n) is 3.54.